The Labute approximate surface area is 109 Å². The van der Waals surface area contributed by atoms with Crippen molar-refractivity contribution in [1.29, 1.82) is 0 Å². The minimum atomic E-state index is -1.07. The molecule has 9 heteroatoms. The second-order valence-corrected chi connectivity index (χ2v) is 3.70. The Kier molecular flexibility index (Phi) is 5.90. The van der Waals surface area contributed by atoms with Gasteiger partial charge in [-0.05, 0) is 0 Å². The SMILES string of the molecule is COCCN(CCO)C(=O)c1cn(CC(=O)O)nn1. The number of methoxy groups -OCH3 is 1. The van der Waals surface area contributed by atoms with Gasteiger partial charge in [-0.25, -0.2) is 4.68 Å². The standard InChI is InChI=1S/C10H16N4O5/c1-19-5-3-13(2-4-15)10(18)8-6-14(12-11-8)7-9(16)17/h6,15H,2-5,7H2,1H3,(H,16,17). The second kappa shape index (κ2) is 7.44. The molecule has 0 radical (unpaired) electrons. The summed E-state index contributed by atoms with van der Waals surface area (Å²) in [5, 5.41) is 24.7. The van der Waals surface area contributed by atoms with Gasteiger partial charge in [0.25, 0.3) is 5.91 Å². The summed E-state index contributed by atoms with van der Waals surface area (Å²) in [4.78, 5) is 23.9. The molecule has 1 amide bonds. The largest absolute Gasteiger partial charge is 0.480 e. The fourth-order valence-electron chi connectivity index (χ4n) is 1.41. The predicted molar refractivity (Wildman–Crippen MR) is 62.5 cm³/mol. The Bertz CT molecular complexity index is 433. The highest BCUT2D eigenvalue weighted by atomic mass is 16.5. The van der Waals surface area contributed by atoms with Gasteiger partial charge in [-0.15, -0.1) is 5.10 Å². The number of carboxylic acid groups (broad SMARTS) is 1. The number of rotatable bonds is 8. The van der Waals surface area contributed by atoms with Crippen molar-refractivity contribution in [2.75, 3.05) is 33.4 Å². The quantitative estimate of drug-likeness (QED) is 0.587. The number of hydrogen-bond donors (Lipinski definition) is 2. The number of aromatic nitrogens is 3. The topological polar surface area (TPSA) is 118 Å². The third kappa shape index (κ3) is 4.64. The molecule has 1 aromatic rings. The highest BCUT2D eigenvalue weighted by Crippen LogP contribution is 2.01. The molecule has 0 aliphatic heterocycles. The molecule has 0 aliphatic carbocycles. The molecule has 19 heavy (non-hydrogen) atoms. The van der Waals surface area contributed by atoms with E-state index in [1.54, 1.807) is 0 Å². The van der Waals surface area contributed by atoms with Crippen molar-refractivity contribution >= 4 is 11.9 Å². The number of nitrogens with zero attached hydrogens (tertiary/aromatic N) is 4. The predicted octanol–water partition coefficient (Wildman–Crippen LogP) is -1.56. The zero-order valence-corrected chi connectivity index (χ0v) is 10.5. The van der Waals surface area contributed by atoms with Gasteiger partial charge < -0.3 is 19.8 Å². The van der Waals surface area contributed by atoms with Crippen LogP contribution in [0.2, 0.25) is 0 Å². The molecule has 0 aliphatic rings. The number of aliphatic carboxylic acids is 1. The highest BCUT2D eigenvalue weighted by molar-refractivity contribution is 5.92. The molecular weight excluding hydrogens is 256 g/mol. The minimum Gasteiger partial charge on any atom is -0.480 e. The van der Waals surface area contributed by atoms with Gasteiger partial charge >= 0.3 is 5.97 Å². The van der Waals surface area contributed by atoms with Crippen LogP contribution >= 0.6 is 0 Å². The average molecular weight is 272 g/mol. The Balaban J connectivity index is 2.72. The number of aliphatic hydroxyl groups is 1. The molecule has 1 rings (SSSR count). The van der Waals surface area contributed by atoms with Gasteiger partial charge in [0.05, 0.1) is 19.4 Å². The number of carboxylic acids is 1. The van der Waals surface area contributed by atoms with Crippen LogP contribution in [-0.2, 0) is 16.1 Å². The van der Waals surface area contributed by atoms with Gasteiger partial charge in [0.2, 0.25) is 0 Å². The van der Waals surface area contributed by atoms with Gasteiger partial charge in [0.15, 0.2) is 5.69 Å². The number of carbonyl (C=O) groups is 2. The molecule has 0 spiro atoms. The first kappa shape index (κ1) is 15.1. The van der Waals surface area contributed by atoms with Gasteiger partial charge in [-0.1, -0.05) is 5.21 Å². The molecule has 0 saturated heterocycles. The van der Waals surface area contributed by atoms with Crippen LogP contribution in [0.3, 0.4) is 0 Å². The maximum Gasteiger partial charge on any atom is 0.325 e. The lowest BCUT2D eigenvalue weighted by atomic mass is 10.3. The molecule has 0 saturated carbocycles. The van der Waals surface area contributed by atoms with E-state index in [2.05, 4.69) is 10.3 Å². The van der Waals surface area contributed by atoms with E-state index < -0.39 is 11.9 Å². The van der Waals surface area contributed by atoms with Crippen molar-refractivity contribution in [2.45, 2.75) is 6.54 Å². The van der Waals surface area contributed by atoms with Crippen LogP contribution in [0.25, 0.3) is 0 Å². The first-order valence-corrected chi connectivity index (χ1v) is 5.59. The summed E-state index contributed by atoms with van der Waals surface area (Å²) in [5.41, 5.74) is 0.0332. The number of amides is 1. The minimum absolute atomic E-state index is 0.0332. The highest BCUT2D eigenvalue weighted by Gasteiger charge is 2.18. The monoisotopic (exact) mass is 272 g/mol. The van der Waals surface area contributed by atoms with Crippen molar-refractivity contribution in [1.82, 2.24) is 19.9 Å². The summed E-state index contributed by atoms with van der Waals surface area (Å²) in [6.45, 7) is 0.238. The third-order valence-electron chi connectivity index (χ3n) is 2.28. The summed E-state index contributed by atoms with van der Waals surface area (Å²) in [6.07, 6.45) is 1.26. The van der Waals surface area contributed by atoms with E-state index in [9.17, 15) is 9.59 Å². The van der Waals surface area contributed by atoms with Crippen molar-refractivity contribution in [3.8, 4) is 0 Å². The van der Waals surface area contributed by atoms with Gasteiger partial charge in [0, 0.05) is 20.2 Å². The summed E-state index contributed by atoms with van der Waals surface area (Å²) < 4.78 is 5.93. The lowest BCUT2D eigenvalue weighted by Crippen LogP contribution is -2.36. The summed E-state index contributed by atoms with van der Waals surface area (Å²) in [5.74, 6) is -1.50. The molecule has 0 bridgehead atoms. The summed E-state index contributed by atoms with van der Waals surface area (Å²) in [6, 6.07) is 0. The maximum absolute atomic E-state index is 12.0. The van der Waals surface area contributed by atoms with E-state index in [0.29, 0.717) is 13.2 Å². The fraction of sp³-hybridized carbons (Fsp3) is 0.600. The van der Waals surface area contributed by atoms with Crippen molar-refractivity contribution < 1.29 is 24.5 Å². The Morgan fingerprint density at radius 1 is 1.47 bits per heavy atom. The van der Waals surface area contributed by atoms with Crippen LogP contribution < -0.4 is 0 Å². The first-order chi connectivity index (χ1) is 9.08. The molecule has 2 N–H and O–H groups in total. The van der Waals surface area contributed by atoms with E-state index in [4.69, 9.17) is 14.9 Å². The lowest BCUT2D eigenvalue weighted by molar-refractivity contribution is -0.137. The van der Waals surface area contributed by atoms with Crippen molar-refractivity contribution in [3.63, 3.8) is 0 Å². The number of hydrogen-bond acceptors (Lipinski definition) is 6. The van der Waals surface area contributed by atoms with E-state index in [1.165, 1.54) is 18.2 Å². The number of carbonyl (C=O) groups excluding carboxylic acids is 1. The number of aliphatic hydroxyl groups excluding tert-OH is 1. The molecule has 1 aromatic heterocycles. The zero-order chi connectivity index (χ0) is 14.3. The molecule has 0 aromatic carbocycles. The first-order valence-electron chi connectivity index (χ1n) is 5.59. The third-order valence-corrected chi connectivity index (χ3v) is 2.28. The molecule has 106 valence electrons. The van der Waals surface area contributed by atoms with Crippen LogP contribution in [0.5, 0.6) is 0 Å². The fourth-order valence-corrected chi connectivity index (χ4v) is 1.41. The summed E-state index contributed by atoms with van der Waals surface area (Å²) in [7, 11) is 1.50. The molecule has 1 heterocycles. The van der Waals surface area contributed by atoms with E-state index in [-0.39, 0.29) is 25.4 Å². The molecular formula is C10H16N4O5. The second-order valence-electron chi connectivity index (χ2n) is 3.70. The van der Waals surface area contributed by atoms with Crippen LogP contribution in [0.15, 0.2) is 6.20 Å². The van der Waals surface area contributed by atoms with E-state index in [0.717, 1.165) is 4.68 Å². The van der Waals surface area contributed by atoms with Crippen LogP contribution in [0.4, 0.5) is 0 Å². The van der Waals surface area contributed by atoms with Crippen LogP contribution in [0.1, 0.15) is 10.5 Å². The smallest absolute Gasteiger partial charge is 0.325 e. The van der Waals surface area contributed by atoms with Crippen LogP contribution in [0, 0.1) is 0 Å². The molecule has 0 unspecified atom stereocenters. The maximum atomic E-state index is 12.0. The Hall–Kier alpha value is -2.00. The Morgan fingerprint density at radius 2 is 2.21 bits per heavy atom. The molecule has 9 nitrogen and oxygen atoms in total. The van der Waals surface area contributed by atoms with Gasteiger partial charge in [-0.3, -0.25) is 9.59 Å². The lowest BCUT2D eigenvalue weighted by Gasteiger charge is -2.19. The van der Waals surface area contributed by atoms with Gasteiger partial charge in [0.1, 0.15) is 6.54 Å². The van der Waals surface area contributed by atoms with Crippen molar-refractivity contribution in [3.05, 3.63) is 11.9 Å². The zero-order valence-electron chi connectivity index (χ0n) is 10.5. The number of ether oxygens (including phenoxy) is 1. The Morgan fingerprint density at radius 3 is 2.79 bits per heavy atom. The van der Waals surface area contributed by atoms with Gasteiger partial charge in [-0.2, -0.15) is 0 Å². The molecule has 0 fully saturated rings. The van der Waals surface area contributed by atoms with Crippen LogP contribution in [-0.4, -0.2) is 75.4 Å². The van der Waals surface area contributed by atoms with E-state index >= 15 is 0 Å². The van der Waals surface area contributed by atoms with E-state index in [1.807, 2.05) is 0 Å². The van der Waals surface area contributed by atoms with Crippen molar-refractivity contribution in [2.24, 2.45) is 0 Å². The summed E-state index contributed by atoms with van der Waals surface area (Å²) >= 11 is 0. The average Bonchev–Trinajstić information content (AvgIpc) is 2.81. The molecule has 0 atom stereocenters. The normalized spacial score (nSPS) is 10.4.